The van der Waals surface area contributed by atoms with Crippen LogP contribution in [0.4, 0.5) is 24.5 Å². The average molecular weight is 658 g/mol. The molecule has 2 N–H and O–H groups in total. The second-order valence-corrected chi connectivity index (χ2v) is 15.1. The van der Waals surface area contributed by atoms with Crippen molar-refractivity contribution in [3.63, 3.8) is 0 Å². The standard InChI is InChI=1S/C42H54F3N3/c1-3-5-6-7-22-48(21-4-2)40-25-32-17-19-34(27-39(32)47-41(40)29-13-9-14-29)46-38(28-11-8-12-28)24-31-16-10-15-30-23-36(30)37-26-33(42(43,44)45)18-20-35(31)37/h17-20,24,26-27,30,36,40,46-47H,3-16,21-23,25H2,1-2H3/b31-24+. The summed E-state index contributed by atoms with van der Waals surface area (Å²) in [5.74, 6) is 0.798. The smallest absolute Gasteiger partial charge is 0.357 e. The van der Waals surface area contributed by atoms with Crippen LogP contribution < -0.4 is 10.6 Å². The first kappa shape index (κ1) is 33.5. The molecule has 48 heavy (non-hydrogen) atoms. The molecule has 4 aliphatic carbocycles. The number of allylic oxidation sites excluding steroid dienone is 4. The van der Waals surface area contributed by atoms with Crippen LogP contribution >= 0.6 is 0 Å². The summed E-state index contributed by atoms with van der Waals surface area (Å²) in [4.78, 5) is 2.75. The van der Waals surface area contributed by atoms with Gasteiger partial charge in [0, 0.05) is 22.8 Å². The first-order valence-electron chi connectivity index (χ1n) is 19.1. The molecule has 3 fully saturated rings. The minimum atomic E-state index is -4.32. The quantitative estimate of drug-likeness (QED) is 0.236. The summed E-state index contributed by atoms with van der Waals surface area (Å²) < 4.78 is 41.2. The average Bonchev–Trinajstić information content (AvgIpc) is 3.77. The highest BCUT2D eigenvalue weighted by Crippen LogP contribution is 2.55. The summed E-state index contributed by atoms with van der Waals surface area (Å²) >= 11 is 0. The van der Waals surface area contributed by atoms with Gasteiger partial charge >= 0.3 is 6.18 Å². The number of benzene rings is 2. The van der Waals surface area contributed by atoms with Gasteiger partial charge < -0.3 is 10.6 Å². The van der Waals surface area contributed by atoms with Gasteiger partial charge in [-0.1, -0.05) is 45.2 Å². The van der Waals surface area contributed by atoms with Crippen molar-refractivity contribution in [3.8, 4) is 0 Å². The Morgan fingerprint density at radius 2 is 1.75 bits per heavy atom. The van der Waals surface area contributed by atoms with Crippen LogP contribution in [-0.2, 0) is 12.6 Å². The molecular formula is C42H54F3N3. The fraction of sp³-hybridized carbons (Fsp3) is 0.571. The molecule has 0 saturated heterocycles. The summed E-state index contributed by atoms with van der Waals surface area (Å²) in [6.07, 6.45) is 16.5. The van der Waals surface area contributed by atoms with E-state index in [0.717, 1.165) is 74.0 Å². The van der Waals surface area contributed by atoms with Crippen molar-refractivity contribution in [1.82, 2.24) is 4.90 Å². The zero-order valence-corrected chi connectivity index (χ0v) is 29.1. The fourth-order valence-electron chi connectivity index (χ4n) is 8.50. The third-order valence-corrected chi connectivity index (χ3v) is 11.7. The number of halogens is 3. The lowest BCUT2D eigenvalue weighted by atomic mass is 9.84. The second-order valence-electron chi connectivity index (χ2n) is 15.1. The molecule has 0 bridgehead atoms. The van der Waals surface area contributed by atoms with Crippen LogP contribution in [0.15, 0.2) is 65.0 Å². The van der Waals surface area contributed by atoms with E-state index >= 15 is 0 Å². The Bertz CT molecular complexity index is 1570. The molecule has 3 atom stereocenters. The number of hydrogen-bond acceptors (Lipinski definition) is 3. The fourth-order valence-corrected chi connectivity index (χ4v) is 8.50. The van der Waals surface area contributed by atoms with Crippen molar-refractivity contribution in [1.29, 1.82) is 0 Å². The maximum Gasteiger partial charge on any atom is 0.416 e. The zero-order valence-electron chi connectivity index (χ0n) is 29.1. The lowest BCUT2D eigenvalue weighted by Crippen LogP contribution is -2.44. The number of alkyl halides is 3. The van der Waals surface area contributed by atoms with Gasteiger partial charge in [0.1, 0.15) is 0 Å². The van der Waals surface area contributed by atoms with Crippen LogP contribution in [0.25, 0.3) is 5.57 Å². The molecule has 3 unspecified atom stereocenters. The third-order valence-electron chi connectivity index (χ3n) is 11.7. The van der Waals surface area contributed by atoms with Crippen molar-refractivity contribution in [3.05, 3.63) is 87.3 Å². The number of nitrogens with zero attached hydrogens (tertiary/aromatic N) is 1. The van der Waals surface area contributed by atoms with E-state index in [1.165, 1.54) is 105 Å². The van der Waals surface area contributed by atoms with E-state index in [0.29, 0.717) is 12.0 Å². The van der Waals surface area contributed by atoms with Crippen LogP contribution in [0, 0.1) is 5.92 Å². The van der Waals surface area contributed by atoms with Crippen LogP contribution in [0.5, 0.6) is 0 Å². The largest absolute Gasteiger partial charge is 0.416 e. The van der Waals surface area contributed by atoms with E-state index < -0.39 is 11.7 Å². The Morgan fingerprint density at radius 3 is 2.46 bits per heavy atom. The predicted octanol–water partition coefficient (Wildman–Crippen LogP) is 12.0. The van der Waals surface area contributed by atoms with Crippen molar-refractivity contribution < 1.29 is 13.2 Å². The topological polar surface area (TPSA) is 27.3 Å². The first-order valence-corrected chi connectivity index (χ1v) is 19.1. The SMILES string of the molecule is CCCCCCN(CCC)C1Cc2ccc(NC(/C=C3\CCCC4CC4c4cc(C(F)(F)F)ccc43)=C3CCC3)cc2NC1=C1CCC1. The summed E-state index contributed by atoms with van der Waals surface area (Å²) in [7, 11) is 0. The van der Waals surface area contributed by atoms with Crippen molar-refractivity contribution in [2.75, 3.05) is 23.7 Å². The predicted molar refractivity (Wildman–Crippen MR) is 193 cm³/mol. The number of fused-ring (bicyclic) bond motifs is 4. The van der Waals surface area contributed by atoms with E-state index in [2.05, 4.69) is 53.7 Å². The molecule has 258 valence electrons. The highest BCUT2D eigenvalue weighted by molar-refractivity contribution is 5.75. The number of rotatable bonds is 11. The lowest BCUT2D eigenvalue weighted by Gasteiger charge is -2.40. The molecule has 5 aliphatic rings. The van der Waals surface area contributed by atoms with E-state index in [1.54, 1.807) is 11.6 Å². The molecule has 2 aromatic rings. The minimum absolute atomic E-state index is 0.262. The number of unbranched alkanes of at least 4 members (excludes halogenated alkanes) is 3. The third kappa shape index (κ3) is 7.29. The molecule has 3 nitrogen and oxygen atoms in total. The van der Waals surface area contributed by atoms with Gasteiger partial charge in [0.25, 0.3) is 0 Å². The van der Waals surface area contributed by atoms with E-state index in [1.807, 2.05) is 0 Å². The Morgan fingerprint density at radius 1 is 0.917 bits per heavy atom. The summed E-state index contributed by atoms with van der Waals surface area (Å²) in [5, 5.41) is 7.80. The summed E-state index contributed by atoms with van der Waals surface area (Å²) in [6, 6.07) is 11.8. The molecule has 0 radical (unpaired) electrons. The lowest BCUT2D eigenvalue weighted by molar-refractivity contribution is -0.137. The van der Waals surface area contributed by atoms with Gasteiger partial charge in [-0.15, -0.1) is 0 Å². The van der Waals surface area contributed by atoms with E-state index in [4.69, 9.17) is 0 Å². The molecular weight excluding hydrogens is 603 g/mol. The number of hydrogen-bond donors (Lipinski definition) is 2. The van der Waals surface area contributed by atoms with Crippen LogP contribution in [0.1, 0.15) is 138 Å². The molecule has 0 spiro atoms. The molecule has 6 heteroatoms. The summed E-state index contributed by atoms with van der Waals surface area (Å²) in [5.41, 5.74) is 11.9. The molecule has 1 heterocycles. The number of anilines is 2. The van der Waals surface area contributed by atoms with Gasteiger partial charge in [-0.2, -0.15) is 13.2 Å². The maximum atomic E-state index is 13.7. The van der Waals surface area contributed by atoms with Gasteiger partial charge in [-0.3, -0.25) is 4.90 Å². The summed E-state index contributed by atoms with van der Waals surface area (Å²) in [6.45, 7) is 6.89. The van der Waals surface area contributed by atoms with E-state index in [-0.39, 0.29) is 5.92 Å². The van der Waals surface area contributed by atoms with Gasteiger partial charge in [-0.25, -0.2) is 0 Å². The zero-order chi connectivity index (χ0) is 33.3. The van der Waals surface area contributed by atoms with Crippen LogP contribution in [-0.4, -0.2) is 24.0 Å². The Balaban J connectivity index is 1.16. The van der Waals surface area contributed by atoms with Crippen LogP contribution in [0.2, 0.25) is 0 Å². The van der Waals surface area contributed by atoms with Crippen molar-refractivity contribution >= 4 is 16.9 Å². The Labute approximate surface area is 286 Å². The first-order chi connectivity index (χ1) is 23.3. The highest BCUT2D eigenvalue weighted by Gasteiger charge is 2.42. The van der Waals surface area contributed by atoms with Gasteiger partial charge in [0.2, 0.25) is 0 Å². The highest BCUT2D eigenvalue weighted by atomic mass is 19.4. The Hall–Kier alpha value is -2.99. The number of nitrogens with one attached hydrogen (secondary N) is 2. The van der Waals surface area contributed by atoms with Crippen LogP contribution in [0.3, 0.4) is 0 Å². The molecule has 0 amide bonds. The molecule has 2 aromatic carbocycles. The van der Waals surface area contributed by atoms with Gasteiger partial charge in [-0.05, 0) is 172 Å². The molecule has 7 rings (SSSR count). The van der Waals surface area contributed by atoms with Crippen molar-refractivity contribution in [2.24, 2.45) is 5.92 Å². The molecule has 0 aromatic heterocycles. The van der Waals surface area contributed by atoms with E-state index in [9.17, 15) is 13.2 Å². The van der Waals surface area contributed by atoms with Crippen molar-refractivity contribution in [2.45, 2.75) is 135 Å². The molecule has 1 aliphatic heterocycles. The minimum Gasteiger partial charge on any atom is -0.357 e. The normalized spacial score (nSPS) is 24.1. The monoisotopic (exact) mass is 657 g/mol. The second kappa shape index (κ2) is 14.5. The van der Waals surface area contributed by atoms with Gasteiger partial charge in [0.15, 0.2) is 0 Å². The van der Waals surface area contributed by atoms with Gasteiger partial charge in [0.05, 0.1) is 11.6 Å². The maximum absolute atomic E-state index is 13.7. The Kier molecular flexibility index (Phi) is 10.1. The molecule has 3 saturated carbocycles.